The summed E-state index contributed by atoms with van der Waals surface area (Å²) in [6, 6.07) is 5.10. The number of piperazine rings is 1. The molecule has 1 aromatic rings. The summed E-state index contributed by atoms with van der Waals surface area (Å²) < 4.78 is 38.7. The molecule has 1 fully saturated rings. The fourth-order valence-corrected chi connectivity index (χ4v) is 2.24. The quantitative estimate of drug-likeness (QED) is 0.871. The molecule has 21 heavy (non-hydrogen) atoms. The first-order valence-electron chi connectivity index (χ1n) is 6.16. The second-order valence-corrected chi connectivity index (χ2v) is 4.62. The van der Waals surface area contributed by atoms with E-state index in [1.54, 1.807) is 11.0 Å². The highest BCUT2D eigenvalue weighted by molar-refractivity contribution is 5.85. The predicted molar refractivity (Wildman–Crippen MR) is 74.5 cm³/mol. The number of benzene rings is 1. The number of rotatable bonds is 2. The molecule has 116 valence electrons. The molecule has 0 aromatic heterocycles. The molecule has 1 heterocycles. The Morgan fingerprint density at radius 2 is 2.14 bits per heavy atom. The predicted octanol–water partition coefficient (Wildman–Crippen LogP) is 1.77. The van der Waals surface area contributed by atoms with Gasteiger partial charge in [-0.3, -0.25) is 0 Å². The maximum absolute atomic E-state index is 12.9. The minimum absolute atomic E-state index is 0. The molecule has 1 atom stereocenters. The Bertz CT molecular complexity index is 530. The van der Waals surface area contributed by atoms with Gasteiger partial charge in [-0.05, 0) is 18.2 Å². The van der Waals surface area contributed by atoms with Gasteiger partial charge in [0, 0.05) is 31.4 Å². The van der Waals surface area contributed by atoms with Crippen LogP contribution in [-0.4, -0.2) is 37.4 Å². The lowest BCUT2D eigenvalue weighted by Crippen LogP contribution is -2.52. The first-order valence-corrected chi connectivity index (χ1v) is 6.16. The Balaban J connectivity index is 0.00000220. The van der Waals surface area contributed by atoms with Gasteiger partial charge in [-0.1, -0.05) is 0 Å². The van der Waals surface area contributed by atoms with E-state index in [0.717, 1.165) is 6.07 Å². The number of hydrogen-bond acceptors (Lipinski definition) is 4. The Morgan fingerprint density at radius 3 is 2.71 bits per heavy atom. The number of aliphatic hydroxyl groups is 1. The van der Waals surface area contributed by atoms with Gasteiger partial charge in [-0.2, -0.15) is 18.4 Å². The van der Waals surface area contributed by atoms with Gasteiger partial charge in [0.15, 0.2) is 0 Å². The molecule has 0 saturated carbocycles. The van der Waals surface area contributed by atoms with Crippen molar-refractivity contribution in [3.8, 4) is 6.07 Å². The maximum Gasteiger partial charge on any atom is 0.417 e. The summed E-state index contributed by atoms with van der Waals surface area (Å²) in [6.07, 6.45) is -4.55. The molecule has 2 N–H and O–H groups in total. The van der Waals surface area contributed by atoms with Crippen LogP contribution >= 0.6 is 12.4 Å². The normalized spacial score (nSPS) is 18.8. The van der Waals surface area contributed by atoms with Gasteiger partial charge < -0.3 is 15.3 Å². The number of halogens is 4. The lowest BCUT2D eigenvalue weighted by molar-refractivity contribution is -0.137. The molecular formula is C13H15ClF3N3O. The number of nitrogens with one attached hydrogen (secondary N) is 1. The molecule has 0 radical (unpaired) electrons. The van der Waals surface area contributed by atoms with Crippen LogP contribution in [0, 0.1) is 11.3 Å². The van der Waals surface area contributed by atoms with E-state index in [0.29, 0.717) is 25.3 Å². The third kappa shape index (κ3) is 4.00. The molecule has 1 saturated heterocycles. The molecule has 0 bridgehead atoms. The highest BCUT2D eigenvalue weighted by Crippen LogP contribution is 2.34. The zero-order chi connectivity index (χ0) is 14.8. The molecule has 0 amide bonds. The zero-order valence-electron chi connectivity index (χ0n) is 11.0. The molecule has 0 spiro atoms. The van der Waals surface area contributed by atoms with Crippen molar-refractivity contribution in [2.75, 3.05) is 31.1 Å². The monoisotopic (exact) mass is 321 g/mol. The topological polar surface area (TPSA) is 59.3 Å². The molecular weight excluding hydrogens is 307 g/mol. The Morgan fingerprint density at radius 1 is 1.43 bits per heavy atom. The fourth-order valence-electron chi connectivity index (χ4n) is 2.24. The van der Waals surface area contributed by atoms with Crippen LogP contribution in [-0.2, 0) is 6.18 Å². The maximum atomic E-state index is 12.9. The van der Waals surface area contributed by atoms with Crippen molar-refractivity contribution in [3.63, 3.8) is 0 Å². The van der Waals surface area contributed by atoms with Crippen LogP contribution in [0.4, 0.5) is 18.9 Å². The van der Waals surface area contributed by atoms with Crippen LogP contribution in [0.2, 0.25) is 0 Å². The number of anilines is 1. The third-order valence-electron chi connectivity index (χ3n) is 3.27. The molecule has 1 aliphatic rings. The summed E-state index contributed by atoms with van der Waals surface area (Å²) in [5.74, 6) is 0. The summed E-state index contributed by atoms with van der Waals surface area (Å²) in [5, 5.41) is 20.9. The summed E-state index contributed by atoms with van der Waals surface area (Å²) in [6.45, 7) is 1.50. The Labute approximate surface area is 126 Å². The van der Waals surface area contributed by atoms with Crippen LogP contribution in [0.1, 0.15) is 11.1 Å². The molecule has 0 aliphatic carbocycles. The van der Waals surface area contributed by atoms with Gasteiger partial charge in [-0.25, -0.2) is 0 Å². The average Bonchev–Trinajstić information content (AvgIpc) is 2.45. The lowest BCUT2D eigenvalue weighted by atomic mass is 10.1. The minimum Gasteiger partial charge on any atom is -0.395 e. The van der Waals surface area contributed by atoms with Crippen LogP contribution in [0.5, 0.6) is 0 Å². The number of aliphatic hydroxyl groups excluding tert-OH is 1. The SMILES string of the molecule is Cl.N#Cc1ccc(N2CCNC(CO)C2)cc1C(F)(F)F. The molecule has 2 rings (SSSR count). The van der Waals surface area contributed by atoms with Crippen molar-refractivity contribution >= 4 is 18.1 Å². The van der Waals surface area contributed by atoms with E-state index >= 15 is 0 Å². The average molecular weight is 322 g/mol. The molecule has 1 aromatic carbocycles. The largest absolute Gasteiger partial charge is 0.417 e. The first-order chi connectivity index (χ1) is 9.45. The molecule has 8 heteroatoms. The molecule has 1 unspecified atom stereocenters. The first kappa shape index (κ1) is 17.6. The number of nitrogens with zero attached hydrogens (tertiary/aromatic N) is 2. The van der Waals surface area contributed by atoms with Gasteiger partial charge in [0.1, 0.15) is 0 Å². The van der Waals surface area contributed by atoms with Crippen LogP contribution in [0.15, 0.2) is 18.2 Å². The van der Waals surface area contributed by atoms with Gasteiger partial charge in [0.05, 0.1) is 23.8 Å². The van der Waals surface area contributed by atoms with Crippen LogP contribution < -0.4 is 10.2 Å². The van der Waals surface area contributed by atoms with Crippen LogP contribution in [0.25, 0.3) is 0 Å². The minimum atomic E-state index is -4.55. The van der Waals surface area contributed by atoms with E-state index in [1.165, 1.54) is 12.1 Å². The van der Waals surface area contributed by atoms with E-state index in [1.807, 2.05) is 0 Å². The van der Waals surface area contributed by atoms with Crippen molar-refractivity contribution in [1.29, 1.82) is 5.26 Å². The van der Waals surface area contributed by atoms with Crippen molar-refractivity contribution in [3.05, 3.63) is 29.3 Å². The summed E-state index contributed by atoms with van der Waals surface area (Å²) >= 11 is 0. The van der Waals surface area contributed by atoms with Crippen molar-refractivity contribution in [2.24, 2.45) is 0 Å². The van der Waals surface area contributed by atoms with E-state index in [-0.39, 0.29) is 30.6 Å². The second kappa shape index (κ2) is 6.98. The highest BCUT2D eigenvalue weighted by Gasteiger charge is 2.34. The summed E-state index contributed by atoms with van der Waals surface area (Å²) in [7, 11) is 0. The lowest BCUT2D eigenvalue weighted by Gasteiger charge is -2.34. The van der Waals surface area contributed by atoms with Crippen molar-refractivity contribution < 1.29 is 18.3 Å². The van der Waals surface area contributed by atoms with Gasteiger partial charge in [0.25, 0.3) is 0 Å². The van der Waals surface area contributed by atoms with Crippen molar-refractivity contribution in [1.82, 2.24) is 5.32 Å². The molecule has 1 aliphatic heterocycles. The number of nitriles is 1. The van der Waals surface area contributed by atoms with E-state index < -0.39 is 11.7 Å². The molecule has 4 nitrogen and oxygen atoms in total. The fraction of sp³-hybridized carbons (Fsp3) is 0.462. The van der Waals surface area contributed by atoms with Gasteiger partial charge >= 0.3 is 6.18 Å². The highest BCUT2D eigenvalue weighted by atomic mass is 35.5. The standard InChI is InChI=1S/C13H14F3N3O.ClH/c14-13(15,16)12-5-11(2-1-9(12)6-17)19-4-3-18-10(7-19)8-20;/h1-2,5,10,18,20H,3-4,7-8H2;1H. The smallest absolute Gasteiger partial charge is 0.395 e. The Hall–Kier alpha value is -1.49. The third-order valence-corrected chi connectivity index (χ3v) is 3.27. The number of hydrogen-bond donors (Lipinski definition) is 2. The van der Waals surface area contributed by atoms with Gasteiger partial charge in [-0.15, -0.1) is 12.4 Å². The summed E-state index contributed by atoms with van der Waals surface area (Å²) in [5.41, 5.74) is -0.886. The summed E-state index contributed by atoms with van der Waals surface area (Å²) in [4.78, 5) is 1.77. The van der Waals surface area contributed by atoms with Crippen molar-refractivity contribution in [2.45, 2.75) is 12.2 Å². The van der Waals surface area contributed by atoms with E-state index in [4.69, 9.17) is 10.4 Å². The number of alkyl halides is 3. The zero-order valence-corrected chi connectivity index (χ0v) is 11.8. The van der Waals surface area contributed by atoms with Crippen LogP contribution in [0.3, 0.4) is 0 Å². The van der Waals surface area contributed by atoms with Gasteiger partial charge in [0.2, 0.25) is 0 Å². The Kier molecular flexibility index (Phi) is 5.84. The second-order valence-electron chi connectivity index (χ2n) is 4.62. The van der Waals surface area contributed by atoms with E-state index in [9.17, 15) is 13.2 Å². The van der Waals surface area contributed by atoms with E-state index in [2.05, 4.69) is 5.32 Å².